The van der Waals surface area contributed by atoms with E-state index in [9.17, 15) is 4.79 Å². The molecule has 1 aromatic carbocycles. The number of hydrogen-bond donors (Lipinski definition) is 1. The average Bonchev–Trinajstić information content (AvgIpc) is 2.60. The average molecular weight is 240 g/mol. The van der Waals surface area contributed by atoms with Gasteiger partial charge in [0.2, 0.25) is 0 Å². The molecule has 0 saturated carbocycles. The van der Waals surface area contributed by atoms with Gasteiger partial charge >= 0.3 is 0 Å². The third-order valence-electron chi connectivity index (χ3n) is 3.15. The smallest absolute Gasteiger partial charge is 0.174 e. The number of Topliss-reactive ketones (excluding diaryl/α,β-unsaturated/α-hetero) is 1. The fourth-order valence-corrected chi connectivity index (χ4v) is 2.10. The van der Waals surface area contributed by atoms with Crippen LogP contribution >= 0.6 is 11.6 Å². The van der Waals surface area contributed by atoms with Crippen molar-refractivity contribution < 1.29 is 9.53 Å². The van der Waals surface area contributed by atoms with Crippen molar-refractivity contribution in [1.82, 2.24) is 0 Å². The van der Waals surface area contributed by atoms with Crippen LogP contribution in [0.1, 0.15) is 17.3 Å². The molecule has 2 N–H and O–H groups in total. The van der Waals surface area contributed by atoms with Crippen LogP contribution < -0.4 is 5.73 Å². The first-order valence-corrected chi connectivity index (χ1v) is 5.56. The van der Waals surface area contributed by atoms with Crippen LogP contribution in [0.4, 0.5) is 0 Å². The molecule has 2 unspecified atom stereocenters. The third kappa shape index (κ3) is 1.75. The summed E-state index contributed by atoms with van der Waals surface area (Å²) in [6.45, 7) is 2.61. The Labute approximate surface area is 99.5 Å². The second kappa shape index (κ2) is 4.17. The number of benzene rings is 1. The van der Waals surface area contributed by atoms with Gasteiger partial charge in [0.15, 0.2) is 5.78 Å². The molecule has 2 atom stereocenters. The van der Waals surface area contributed by atoms with Crippen LogP contribution in [0.2, 0.25) is 5.02 Å². The van der Waals surface area contributed by atoms with Gasteiger partial charge in [0.05, 0.1) is 23.7 Å². The first-order chi connectivity index (χ1) is 7.55. The summed E-state index contributed by atoms with van der Waals surface area (Å²) in [5.41, 5.74) is 5.77. The van der Waals surface area contributed by atoms with Crippen molar-refractivity contribution in [2.24, 2.45) is 11.1 Å². The number of nitrogens with two attached hydrogens (primary N) is 1. The maximum atomic E-state index is 12.4. The number of hydrogen-bond acceptors (Lipinski definition) is 3. The van der Waals surface area contributed by atoms with E-state index in [2.05, 4.69) is 0 Å². The van der Waals surface area contributed by atoms with Crippen LogP contribution in [0.3, 0.4) is 0 Å². The topological polar surface area (TPSA) is 52.3 Å². The van der Waals surface area contributed by atoms with Crippen molar-refractivity contribution >= 4 is 17.4 Å². The third-order valence-corrected chi connectivity index (χ3v) is 3.48. The van der Waals surface area contributed by atoms with Gasteiger partial charge in [0.1, 0.15) is 0 Å². The molecule has 86 valence electrons. The van der Waals surface area contributed by atoms with Gasteiger partial charge in [-0.2, -0.15) is 0 Å². The van der Waals surface area contributed by atoms with E-state index in [1.54, 1.807) is 24.3 Å². The van der Waals surface area contributed by atoms with Gasteiger partial charge in [0.25, 0.3) is 0 Å². The van der Waals surface area contributed by atoms with E-state index in [1.807, 2.05) is 6.92 Å². The zero-order valence-electron chi connectivity index (χ0n) is 9.07. The number of carbonyl (C=O) groups excluding carboxylic acids is 1. The Morgan fingerprint density at radius 2 is 2.25 bits per heavy atom. The highest BCUT2D eigenvalue weighted by Crippen LogP contribution is 2.33. The Hall–Kier alpha value is -0.900. The number of ether oxygens (including phenoxy) is 1. The summed E-state index contributed by atoms with van der Waals surface area (Å²) in [5, 5.41) is 0.466. The van der Waals surface area contributed by atoms with Crippen LogP contribution in [-0.4, -0.2) is 25.0 Å². The van der Waals surface area contributed by atoms with Crippen LogP contribution in [0.15, 0.2) is 24.3 Å². The zero-order valence-corrected chi connectivity index (χ0v) is 9.83. The second-order valence-corrected chi connectivity index (χ2v) is 4.76. The lowest BCUT2D eigenvalue weighted by atomic mass is 9.78. The number of halogens is 1. The monoisotopic (exact) mass is 239 g/mol. The van der Waals surface area contributed by atoms with E-state index >= 15 is 0 Å². The normalized spacial score (nSPS) is 29.3. The molecule has 2 rings (SSSR count). The maximum absolute atomic E-state index is 12.4. The molecule has 3 nitrogen and oxygen atoms in total. The van der Waals surface area contributed by atoms with E-state index < -0.39 is 5.41 Å². The molecule has 1 aliphatic rings. The van der Waals surface area contributed by atoms with Crippen molar-refractivity contribution in [3.63, 3.8) is 0 Å². The van der Waals surface area contributed by atoms with E-state index in [0.29, 0.717) is 23.8 Å². The van der Waals surface area contributed by atoms with Gasteiger partial charge in [0, 0.05) is 11.6 Å². The quantitative estimate of drug-likeness (QED) is 0.802. The largest absolute Gasteiger partial charge is 0.379 e. The highest BCUT2D eigenvalue weighted by molar-refractivity contribution is 6.34. The molecule has 16 heavy (non-hydrogen) atoms. The molecule has 4 heteroatoms. The molecule has 0 amide bonds. The number of ketones is 1. The van der Waals surface area contributed by atoms with Gasteiger partial charge in [-0.1, -0.05) is 23.7 Å². The van der Waals surface area contributed by atoms with Crippen LogP contribution in [0, 0.1) is 5.41 Å². The highest BCUT2D eigenvalue weighted by atomic mass is 35.5. The summed E-state index contributed by atoms with van der Waals surface area (Å²) in [5.74, 6) is -0.0388. The van der Waals surface area contributed by atoms with E-state index in [-0.39, 0.29) is 11.8 Å². The predicted octanol–water partition coefficient (Wildman–Crippen LogP) is 1.89. The first kappa shape index (κ1) is 11.6. The minimum Gasteiger partial charge on any atom is -0.379 e. The number of rotatable bonds is 2. The van der Waals surface area contributed by atoms with Gasteiger partial charge in [-0.05, 0) is 19.1 Å². The molecular weight excluding hydrogens is 226 g/mol. The Morgan fingerprint density at radius 1 is 1.56 bits per heavy atom. The van der Waals surface area contributed by atoms with Crippen molar-refractivity contribution in [3.05, 3.63) is 34.9 Å². The molecule has 1 saturated heterocycles. The molecular formula is C12H14ClNO2. The summed E-state index contributed by atoms with van der Waals surface area (Å²) in [4.78, 5) is 12.4. The van der Waals surface area contributed by atoms with Crippen molar-refractivity contribution in [1.29, 1.82) is 0 Å². The summed E-state index contributed by atoms with van der Waals surface area (Å²) >= 11 is 6.00. The SMILES string of the molecule is CC1(C(=O)c2ccccc2Cl)COCC1N. The summed E-state index contributed by atoms with van der Waals surface area (Å²) in [6, 6.07) is 6.76. The van der Waals surface area contributed by atoms with E-state index in [4.69, 9.17) is 22.1 Å². The fraction of sp³-hybridized carbons (Fsp3) is 0.417. The molecule has 0 bridgehead atoms. The maximum Gasteiger partial charge on any atom is 0.174 e. The molecule has 1 fully saturated rings. The molecule has 0 aromatic heterocycles. The second-order valence-electron chi connectivity index (χ2n) is 4.35. The Kier molecular flexibility index (Phi) is 3.02. The van der Waals surface area contributed by atoms with Crippen molar-refractivity contribution in [2.75, 3.05) is 13.2 Å². The van der Waals surface area contributed by atoms with Crippen LogP contribution in [0.5, 0.6) is 0 Å². The Bertz CT molecular complexity index is 421. The molecule has 1 aromatic rings. The lowest BCUT2D eigenvalue weighted by molar-refractivity contribution is 0.0768. The van der Waals surface area contributed by atoms with Crippen molar-refractivity contribution in [3.8, 4) is 0 Å². The molecule has 0 aliphatic carbocycles. The fourth-order valence-electron chi connectivity index (χ4n) is 1.88. The van der Waals surface area contributed by atoms with Crippen LogP contribution in [-0.2, 0) is 4.74 Å². The zero-order chi connectivity index (χ0) is 11.8. The van der Waals surface area contributed by atoms with Crippen LogP contribution in [0.25, 0.3) is 0 Å². The standard InChI is InChI=1S/C12H14ClNO2/c1-12(7-16-6-10(12)14)11(15)8-4-2-3-5-9(8)13/h2-5,10H,6-7,14H2,1H3. The number of carbonyl (C=O) groups is 1. The minimum absolute atomic E-state index is 0.0388. The minimum atomic E-state index is -0.662. The van der Waals surface area contributed by atoms with Gasteiger partial charge in [-0.15, -0.1) is 0 Å². The first-order valence-electron chi connectivity index (χ1n) is 5.18. The Balaban J connectivity index is 2.36. The Morgan fingerprint density at radius 3 is 2.81 bits per heavy atom. The lowest BCUT2D eigenvalue weighted by Gasteiger charge is -2.25. The summed E-state index contributed by atoms with van der Waals surface area (Å²) in [6.07, 6.45) is 0. The van der Waals surface area contributed by atoms with Gasteiger partial charge < -0.3 is 10.5 Å². The molecule has 0 spiro atoms. The van der Waals surface area contributed by atoms with Gasteiger partial charge in [-0.25, -0.2) is 0 Å². The predicted molar refractivity (Wildman–Crippen MR) is 62.7 cm³/mol. The highest BCUT2D eigenvalue weighted by Gasteiger charge is 2.44. The lowest BCUT2D eigenvalue weighted by Crippen LogP contribution is -2.44. The van der Waals surface area contributed by atoms with E-state index in [1.165, 1.54) is 0 Å². The van der Waals surface area contributed by atoms with Crippen molar-refractivity contribution in [2.45, 2.75) is 13.0 Å². The summed E-state index contributed by atoms with van der Waals surface area (Å²) < 4.78 is 5.27. The van der Waals surface area contributed by atoms with E-state index in [0.717, 1.165) is 0 Å². The molecule has 1 heterocycles. The van der Waals surface area contributed by atoms with Gasteiger partial charge in [-0.3, -0.25) is 4.79 Å². The molecule has 1 aliphatic heterocycles. The summed E-state index contributed by atoms with van der Waals surface area (Å²) in [7, 11) is 0. The molecule has 0 radical (unpaired) electrons.